The number of fused-ring (bicyclic) bond motifs is 3. The number of esters is 1. The monoisotopic (exact) mass is 1020 g/mol. The average molecular weight is 1020 g/mol. The van der Waals surface area contributed by atoms with Crippen molar-refractivity contribution in [2.45, 2.75) is 180 Å². The van der Waals surface area contributed by atoms with E-state index in [1.165, 1.54) is 12.0 Å². The molecule has 3 heterocycles. The molecule has 3 aliphatic heterocycles. The summed E-state index contributed by atoms with van der Waals surface area (Å²) in [5.74, 6) is -9.29. The van der Waals surface area contributed by atoms with Crippen molar-refractivity contribution in [2.75, 3.05) is 47.7 Å². The zero-order valence-electron chi connectivity index (χ0n) is 44.5. The highest BCUT2D eigenvalue weighted by atomic mass is 16.6. The van der Waals surface area contributed by atoms with Crippen molar-refractivity contribution in [3.63, 3.8) is 0 Å². The van der Waals surface area contributed by atoms with Crippen LogP contribution in [0.3, 0.4) is 0 Å². The highest BCUT2D eigenvalue weighted by Crippen LogP contribution is 2.38. The largest absolute Gasteiger partial charge is 0.480 e. The average Bonchev–Trinajstić information content (AvgIpc) is 3.35. The molecule has 3 N–H and O–H groups in total. The zero-order valence-corrected chi connectivity index (χ0v) is 44.5. The van der Waals surface area contributed by atoms with Crippen LogP contribution < -0.4 is 0 Å². The minimum Gasteiger partial charge on any atom is -0.480 e. The normalized spacial score (nSPS) is 35.2. The molecule has 4 aliphatic rings. The number of carboxylic acid groups (broad SMARTS) is 1. The first-order chi connectivity index (χ1) is 34.1. The lowest BCUT2D eigenvalue weighted by atomic mass is 9.78. The van der Waals surface area contributed by atoms with Crippen molar-refractivity contribution < 1.29 is 77.2 Å². The minimum atomic E-state index is -2.45. The summed E-state index contributed by atoms with van der Waals surface area (Å²) in [6.45, 7) is 12.6. The molecule has 15 atom stereocenters. The lowest BCUT2D eigenvalue weighted by Crippen LogP contribution is -2.61. The second kappa shape index (κ2) is 29.2. The molecule has 0 radical (unpaired) electrons. The Morgan fingerprint density at radius 2 is 1.60 bits per heavy atom. The number of Topliss-reactive ketones (excluding diaryl/α,β-unsaturated/α-hetero) is 3. The summed E-state index contributed by atoms with van der Waals surface area (Å²) in [6, 6.07) is -1.17. The smallest absolute Gasteiger partial charge is 0.329 e. The summed E-state index contributed by atoms with van der Waals surface area (Å²) in [5, 5.41) is 32.4. The molecule has 0 aromatic carbocycles. The number of aliphatic hydroxyl groups excluding tert-OH is 1. The van der Waals surface area contributed by atoms with Gasteiger partial charge in [-0.1, -0.05) is 71.1 Å². The third-order valence-electron chi connectivity index (χ3n) is 15.2. The first-order valence-electron chi connectivity index (χ1n) is 26.0. The number of carboxylic acids is 1. The fraction of sp³-hybridized carbons (Fsp3) is 0.745. The van der Waals surface area contributed by atoms with Gasteiger partial charge in [0.15, 0.2) is 5.78 Å². The molecule has 72 heavy (non-hydrogen) atoms. The van der Waals surface area contributed by atoms with Gasteiger partial charge in [-0.25, -0.2) is 9.59 Å². The van der Waals surface area contributed by atoms with Crippen LogP contribution in [-0.2, 0) is 61.9 Å². The summed E-state index contributed by atoms with van der Waals surface area (Å²) in [6.07, 6.45) is 11.4. The number of allylic oxidation sites excluding steroid dienone is 6. The van der Waals surface area contributed by atoms with E-state index in [4.69, 9.17) is 38.3 Å². The highest BCUT2D eigenvalue weighted by Gasteiger charge is 2.53. The summed E-state index contributed by atoms with van der Waals surface area (Å²) in [7, 11) is 4.54. The first kappa shape index (κ1) is 60.6. The maximum Gasteiger partial charge on any atom is 0.329 e. The quantitative estimate of drug-likeness (QED) is 0.0842. The molecule has 17 heteroatoms. The summed E-state index contributed by atoms with van der Waals surface area (Å²) in [5.41, 5.74) is 1.24. The number of nitrogens with zero attached hydrogens (tertiary/aromatic N) is 1. The van der Waals surface area contributed by atoms with Crippen LogP contribution in [0, 0.1) is 35.5 Å². The Balaban J connectivity index is 1.66. The van der Waals surface area contributed by atoms with E-state index >= 15 is 0 Å². The van der Waals surface area contributed by atoms with Crippen molar-refractivity contribution in [1.29, 1.82) is 0 Å². The van der Waals surface area contributed by atoms with Crippen LogP contribution in [0.5, 0.6) is 0 Å². The topological polar surface area (TPSA) is 231 Å². The van der Waals surface area contributed by atoms with Gasteiger partial charge in [-0.2, -0.15) is 0 Å². The Morgan fingerprint density at radius 3 is 2.28 bits per heavy atom. The fourth-order valence-electron chi connectivity index (χ4n) is 10.7. The Kier molecular flexibility index (Phi) is 24.6. The molecule has 1 amide bonds. The highest BCUT2D eigenvalue weighted by molar-refractivity contribution is 6.39. The number of hydrogen-bond donors (Lipinski definition) is 3. The Labute approximate surface area is 427 Å². The molecule has 0 aromatic rings. The second-order valence-corrected chi connectivity index (χ2v) is 20.9. The van der Waals surface area contributed by atoms with Crippen LogP contribution in [0.2, 0.25) is 0 Å². The lowest BCUT2D eigenvalue weighted by molar-refractivity contribution is -0.265. The number of rotatable bonds is 12. The predicted octanol–water partition coefficient (Wildman–Crippen LogP) is 6.31. The molecule has 0 spiro atoms. The minimum absolute atomic E-state index is 0.00354. The number of ketones is 3. The van der Waals surface area contributed by atoms with E-state index < -0.39 is 90.3 Å². The van der Waals surface area contributed by atoms with E-state index in [1.54, 1.807) is 48.0 Å². The summed E-state index contributed by atoms with van der Waals surface area (Å²) >= 11 is 0. The number of aliphatic hydroxyl groups is 2. The van der Waals surface area contributed by atoms with E-state index in [-0.39, 0.29) is 74.1 Å². The maximum absolute atomic E-state index is 14.5. The van der Waals surface area contributed by atoms with E-state index in [9.17, 15) is 39.0 Å². The molecule has 4 rings (SSSR count). The van der Waals surface area contributed by atoms with Crippen molar-refractivity contribution in [1.82, 2.24) is 4.90 Å². The van der Waals surface area contributed by atoms with Gasteiger partial charge in [0.25, 0.3) is 11.7 Å². The number of amides is 1. The van der Waals surface area contributed by atoms with Gasteiger partial charge >= 0.3 is 11.9 Å². The number of carbonyl (C=O) groups is 6. The number of carbonyl (C=O) groups excluding carboxylic acids is 5. The predicted molar refractivity (Wildman–Crippen MR) is 267 cm³/mol. The second-order valence-electron chi connectivity index (χ2n) is 20.9. The van der Waals surface area contributed by atoms with Gasteiger partial charge in [0.05, 0.1) is 37.6 Å². The van der Waals surface area contributed by atoms with Crippen LogP contribution in [0.15, 0.2) is 47.6 Å². The molecule has 3 fully saturated rings. The lowest BCUT2D eigenvalue weighted by Gasteiger charge is -2.42. The SMILES string of the molecule is CO[C@H]1C[C@@H]2CC[C@@H](C)[C@@](O)(O2)C(=O)C(=O)N2CCCC[C@H]2C(=O)O[C@H]([C@@H](C)C[C@H]2CC[C@@H](OCCOCC(=O)O)[C@H](OC)C2)CC(=O)[C@H](C)C=C(C)[C@@H](O)[C@@H](OC)C(=O)[C@H](C)C[C@H](C)C=CC=CC=C1C. The number of aliphatic carboxylic acids is 1. The van der Waals surface area contributed by atoms with E-state index in [0.717, 1.165) is 12.0 Å². The molecule has 17 nitrogen and oxygen atoms in total. The Morgan fingerprint density at radius 1 is 0.861 bits per heavy atom. The molecule has 0 aromatic heterocycles. The molecule has 1 aliphatic carbocycles. The van der Waals surface area contributed by atoms with Crippen molar-refractivity contribution in [2.24, 2.45) is 35.5 Å². The standard InChI is InChI=1S/C55H85NO16/c1-33-16-12-11-13-17-34(2)45(66-8)30-41-21-19-39(7)55(65,72-41)52(62)53(63)56-23-15-14-18-42(56)54(64)71-46(31-43(57)35(3)27-38(6)50(61)51(68-10)49(60)37(5)26-33)36(4)28-40-20-22-44(47(29-40)67-9)70-25-24-69-32-48(58)59/h11-13,16-17,27,33,35-37,39-42,44-47,50-51,61,65H,14-15,18-26,28-32H2,1-10H3,(H,58,59)/t33-,35-,36+,37-,39-,40-,41+,42+,44-,45+,46+,47-,50-,51+,55-/m1/s1. The summed E-state index contributed by atoms with van der Waals surface area (Å²) < 4.78 is 40.9. The number of hydrogen-bond acceptors (Lipinski definition) is 15. The van der Waals surface area contributed by atoms with Crippen molar-refractivity contribution in [3.05, 3.63) is 47.6 Å². The van der Waals surface area contributed by atoms with Crippen LogP contribution in [0.1, 0.15) is 126 Å². The third-order valence-corrected chi connectivity index (χ3v) is 15.2. The molecule has 406 valence electrons. The number of piperidine rings is 1. The van der Waals surface area contributed by atoms with Gasteiger partial charge in [0.2, 0.25) is 5.79 Å². The molecular formula is C55H85NO16. The van der Waals surface area contributed by atoms with Crippen LogP contribution in [-0.4, -0.2) is 158 Å². The first-order valence-corrected chi connectivity index (χ1v) is 26.0. The number of methoxy groups -OCH3 is 3. The Hall–Kier alpha value is -3.94. The molecule has 0 unspecified atom stereocenters. The maximum atomic E-state index is 14.5. The van der Waals surface area contributed by atoms with Gasteiger partial charge in [-0.15, -0.1) is 0 Å². The van der Waals surface area contributed by atoms with Crippen molar-refractivity contribution >= 4 is 35.2 Å². The van der Waals surface area contributed by atoms with E-state index in [1.807, 2.05) is 51.2 Å². The molecule has 2 bridgehead atoms. The van der Waals surface area contributed by atoms with Crippen LogP contribution in [0.4, 0.5) is 0 Å². The number of cyclic esters (lactones) is 1. The van der Waals surface area contributed by atoms with Gasteiger partial charge in [-0.3, -0.25) is 19.2 Å². The fourth-order valence-corrected chi connectivity index (χ4v) is 10.7. The Bertz CT molecular complexity index is 1950. The van der Waals surface area contributed by atoms with Gasteiger partial charge in [0.1, 0.15) is 36.7 Å². The number of ether oxygens (including phenoxy) is 7. The molecule has 2 saturated heterocycles. The van der Waals surface area contributed by atoms with Crippen LogP contribution >= 0.6 is 0 Å². The third kappa shape index (κ3) is 17.1. The van der Waals surface area contributed by atoms with Gasteiger partial charge in [0, 0.05) is 58.5 Å². The van der Waals surface area contributed by atoms with Gasteiger partial charge in [-0.05, 0) is 107 Å². The van der Waals surface area contributed by atoms with E-state index in [2.05, 4.69) is 0 Å². The van der Waals surface area contributed by atoms with Crippen molar-refractivity contribution in [3.8, 4) is 0 Å². The van der Waals surface area contributed by atoms with E-state index in [0.29, 0.717) is 63.4 Å². The molecular weight excluding hydrogens is 931 g/mol. The van der Waals surface area contributed by atoms with Crippen LogP contribution in [0.25, 0.3) is 0 Å². The summed E-state index contributed by atoms with van der Waals surface area (Å²) in [4.78, 5) is 83.2. The zero-order chi connectivity index (χ0) is 53.3. The molecule has 1 saturated carbocycles. The van der Waals surface area contributed by atoms with Gasteiger partial charge < -0.3 is 53.4 Å².